The third kappa shape index (κ3) is 5.36. The van der Waals surface area contributed by atoms with Crippen molar-refractivity contribution in [2.24, 2.45) is 0 Å². The van der Waals surface area contributed by atoms with Gasteiger partial charge in [-0.15, -0.1) is 0 Å². The maximum atomic E-state index is 12.9. The largest absolute Gasteiger partial charge is 0.494 e. The first-order chi connectivity index (χ1) is 16.1. The summed E-state index contributed by atoms with van der Waals surface area (Å²) >= 11 is 0. The first-order valence-electron chi connectivity index (χ1n) is 11.4. The number of hydrogen-bond acceptors (Lipinski definition) is 7. The number of nitrogens with zero attached hydrogens (tertiary/aromatic N) is 4. The number of anilines is 2. The third-order valence-electron chi connectivity index (χ3n) is 6.01. The van der Waals surface area contributed by atoms with Gasteiger partial charge in [0.1, 0.15) is 11.4 Å². The minimum atomic E-state index is -0.330. The fourth-order valence-electron chi connectivity index (χ4n) is 4.18. The van der Waals surface area contributed by atoms with Crippen molar-refractivity contribution in [3.63, 3.8) is 0 Å². The molecule has 0 radical (unpaired) electrons. The van der Waals surface area contributed by atoms with Gasteiger partial charge >= 0.3 is 0 Å². The standard InChI is InChI=1S/C24H30N4O5/c1-2-15-33-21-6-3-19(4-7-21)24(29)27-11-9-25(10-12-27)20-5-8-22(28(30)31)23(18-20)26-13-16-32-17-14-26/h3-8,18H,2,9-17H2,1H3. The Kier molecular flexibility index (Phi) is 7.29. The molecule has 0 aromatic heterocycles. The van der Waals surface area contributed by atoms with Crippen LogP contribution in [0.3, 0.4) is 0 Å². The number of carbonyl (C=O) groups excluding carboxylic acids is 1. The number of nitro benzene ring substituents is 1. The minimum Gasteiger partial charge on any atom is -0.494 e. The van der Waals surface area contributed by atoms with Crippen LogP contribution in [0.1, 0.15) is 23.7 Å². The van der Waals surface area contributed by atoms with Gasteiger partial charge in [0.05, 0.1) is 24.7 Å². The summed E-state index contributed by atoms with van der Waals surface area (Å²) in [6.45, 7) is 7.63. The molecule has 176 valence electrons. The molecular formula is C24H30N4O5. The molecule has 4 rings (SSSR count). The molecular weight excluding hydrogens is 424 g/mol. The van der Waals surface area contributed by atoms with Crippen LogP contribution in [0, 0.1) is 10.1 Å². The van der Waals surface area contributed by atoms with E-state index in [-0.39, 0.29) is 16.5 Å². The van der Waals surface area contributed by atoms with Gasteiger partial charge in [-0.2, -0.15) is 0 Å². The first-order valence-corrected chi connectivity index (χ1v) is 11.4. The fraction of sp³-hybridized carbons (Fsp3) is 0.458. The average molecular weight is 455 g/mol. The summed E-state index contributed by atoms with van der Waals surface area (Å²) < 4.78 is 11.0. The van der Waals surface area contributed by atoms with Crippen LogP contribution in [0.2, 0.25) is 0 Å². The Labute approximate surface area is 193 Å². The highest BCUT2D eigenvalue weighted by molar-refractivity contribution is 5.94. The summed E-state index contributed by atoms with van der Waals surface area (Å²) in [5, 5.41) is 11.6. The van der Waals surface area contributed by atoms with Crippen LogP contribution in [0.5, 0.6) is 5.75 Å². The van der Waals surface area contributed by atoms with Crippen LogP contribution in [0.15, 0.2) is 42.5 Å². The molecule has 2 aliphatic heterocycles. The Morgan fingerprint density at radius 1 is 1.00 bits per heavy atom. The number of morpholine rings is 1. The van der Waals surface area contributed by atoms with E-state index >= 15 is 0 Å². The second kappa shape index (κ2) is 10.5. The predicted octanol–water partition coefficient (Wildman–Crippen LogP) is 3.18. The van der Waals surface area contributed by atoms with Crippen LogP contribution in [-0.2, 0) is 4.74 Å². The zero-order valence-corrected chi connectivity index (χ0v) is 18.9. The second-order valence-corrected chi connectivity index (χ2v) is 8.18. The smallest absolute Gasteiger partial charge is 0.292 e. The zero-order chi connectivity index (χ0) is 23.2. The molecule has 9 nitrogen and oxygen atoms in total. The number of rotatable bonds is 7. The van der Waals surface area contributed by atoms with Crippen molar-refractivity contribution in [3.05, 3.63) is 58.1 Å². The molecule has 1 amide bonds. The fourth-order valence-corrected chi connectivity index (χ4v) is 4.18. The SMILES string of the molecule is CCCOc1ccc(C(=O)N2CCN(c3ccc([N+](=O)[O-])c(N4CCOCC4)c3)CC2)cc1. The van der Waals surface area contributed by atoms with E-state index in [0.29, 0.717) is 70.3 Å². The number of hydrogen-bond donors (Lipinski definition) is 0. The van der Waals surface area contributed by atoms with Crippen LogP contribution >= 0.6 is 0 Å². The van der Waals surface area contributed by atoms with E-state index in [9.17, 15) is 14.9 Å². The lowest BCUT2D eigenvalue weighted by Crippen LogP contribution is -2.48. The zero-order valence-electron chi connectivity index (χ0n) is 18.9. The Hall–Kier alpha value is -3.33. The first kappa shape index (κ1) is 22.8. The maximum Gasteiger partial charge on any atom is 0.292 e. The molecule has 0 saturated carbocycles. The van der Waals surface area contributed by atoms with Gasteiger partial charge in [0, 0.05) is 56.6 Å². The Bertz CT molecular complexity index is 967. The quantitative estimate of drug-likeness (QED) is 0.469. The van der Waals surface area contributed by atoms with E-state index in [1.54, 1.807) is 12.1 Å². The monoisotopic (exact) mass is 454 g/mol. The number of benzene rings is 2. The van der Waals surface area contributed by atoms with Crippen molar-refractivity contribution in [3.8, 4) is 5.75 Å². The molecule has 0 atom stereocenters. The molecule has 2 aromatic rings. The number of amides is 1. The van der Waals surface area contributed by atoms with E-state index < -0.39 is 0 Å². The molecule has 2 fully saturated rings. The molecule has 33 heavy (non-hydrogen) atoms. The van der Waals surface area contributed by atoms with Gasteiger partial charge in [0.25, 0.3) is 11.6 Å². The van der Waals surface area contributed by atoms with Crippen LogP contribution in [0.25, 0.3) is 0 Å². The molecule has 2 saturated heterocycles. The lowest BCUT2D eigenvalue weighted by molar-refractivity contribution is -0.384. The number of carbonyl (C=O) groups is 1. The van der Waals surface area contributed by atoms with E-state index in [1.807, 2.05) is 40.1 Å². The van der Waals surface area contributed by atoms with Crippen molar-refractivity contribution in [1.82, 2.24) is 4.90 Å². The topological polar surface area (TPSA) is 88.4 Å². The van der Waals surface area contributed by atoms with Gasteiger partial charge in [-0.25, -0.2) is 0 Å². The number of piperazine rings is 1. The summed E-state index contributed by atoms with van der Waals surface area (Å²) in [6.07, 6.45) is 0.938. The third-order valence-corrected chi connectivity index (χ3v) is 6.01. The van der Waals surface area contributed by atoms with E-state index in [4.69, 9.17) is 9.47 Å². The van der Waals surface area contributed by atoms with Crippen molar-refractivity contribution in [2.75, 3.05) is 68.9 Å². The van der Waals surface area contributed by atoms with Crippen molar-refractivity contribution in [2.45, 2.75) is 13.3 Å². The van der Waals surface area contributed by atoms with Gasteiger partial charge in [-0.3, -0.25) is 14.9 Å². The molecule has 0 bridgehead atoms. The second-order valence-electron chi connectivity index (χ2n) is 8.18. The summed E-state index contributed by atoms with van der Waals surface area (Å²) in [4.78, 5) is 30.2. The lowest BCUT2D eigenvalue weighted by atomic mass is 10.1. The number of ether oxygens (including phenoxy) is 2. The van der Waals surface area contributed by atoms with E-state index in [2.05, 4.69) is 11.8 Å². The van der Waals surface area contributed by atoms with Crippen molar-refractivity contribution in [1.29, 1.82) is 0 Å². The molecule has 0 N–H and O–H groups in total. The molecule has 2 aliphatic rings. The Morgan fingerprint density at radius 2 is 1.70 bits per heavy atom. The predicted molar refractivity (Wildman–Crippen MR) is 126 cm³/mol. The van der Waals surface area contributed by atoms with Crippen LogP contribution < -0.4 is 14.5 Å². The van der Waals surface area contributed by atoms with E-state index in [1.165, 1.54) is 0 Å². The van der Waals surface area contributed by atoms with Gasteiger partial charge < -0.3 is 24.2 Å². The summed E-state index contributed by atoms with van der Waals surface area (Å²) in [5.74, 6) is 0.779. The lowest BCUT2D eigenvalue weighted by Gasteiger charge is -2.37. The van der Waals surface area contributed by atoms with Crippen molar-refractivity contribution >= 4 is 23.0 Å². The average Bonchev–Trinajstić information content (AvgIpc) is 2.87. The van der Waals surface area contributed by atoms with Crippen molar-refractivity contribution < 1.29 is 19.2 Å². The highest BCUT2D eigenvalue weighted by Crippen LogP contribution is 2.33. The van der Waals surface area contributed by atoms with Gasteiger partial charge in [-0.05, 0) is 42.8 Å². The van der Waals surface area contributed by atoms with Crippen LogP contribution in [-0.4, -0.2) is 74.8 Å². The Morgan fingerprint density at radius 3 is 2.33 bits per heavy atom. The summed E-state index contributed by atoms with van der Waals surface area (Å²) in [5.41, 5.74) is 2.33. The number of nitro groups is 1. The summed E-state index contributed by atoms with van der Waals surface area (Å²) in [7, 11) is 0. The molecule has 2 aromatic carbocycles. The molecule has 9 heteroatoms. The minimum absolute atomic E-state index is 0.00870. The molecule has 2 heterocycles. The normalized spacial score (nSPS) is 16.6. The van der Waals surface area contributed by atoms with Gasteiger partial charge in [0.15, 0.2) is 0 Å². The molecule has 0 unspecified atom stereocenters. The molecule has 0 aliphatic carbocycles. The van der Waals surface area contributed by atoms with Gasteiger partial charge in [-0.1, -0.05) is 6.92 Å². The molecule has 0 spiro atoms. The van der Waals surface area contributed by atoms with Crippen LogP contribution in [0.4, 0.5) is 17.1 Å². The summed E-state index contributed by atoms with van der Waals surface area (Å²) in [6, 6.07) is 12.6. The Balaban J connectivity index is 1.41. The van der Waals surface area contributed by atoms with E-state index in [0.717, 1.165) is 17.9 Å². The highest BCUT2D eigenvalue weighted by atomic mass is 16.6. The van der Waals surface area contributed by atoms with Gasteiger partial charge in [0.2, 0.25) is 0 Å². The highest BCUT2D eigenvalue weighted by Gasteiger charge is 2.26. The maximum absolute atomic E-state index is 12.9.